The molecular formula is C30H27BrN6. The van der Waals surface area contributed by atoms with E-state index in [0.717, 1.165) is 30.7 Å². The van der Waals surface area contributed by atoms with Crippen molar-refractivity contribution in [1.82, 2.24) is 20.3 Å². The number of hydrogen-bond acceptors (Lipinski definition) is 5. The topological polar surface area (TPSA) is 82.9 Å². The van der Waals surface area contributed by atoms with Gasteiger partial charge in [-0.05, 0) is 69.4 Å². The van der Waals surface area contributed by atoms with Gasteiger partial charge in [-0.15, -0.1) is 0 Å². The van der Waals surface area contributed by atoms with Crippen LogP contribution in [0.2, 0.25) is 0 Å². The number of H-pyrrole nitrogens is 1. The molecule has 6 nitrogen and oxygen atoms in total. The fraction of sp³-hybridized carbons (Fsp3) is 0.133. The van der Waals surface area contributed by atoms with Crippen molar-refractivity contribution < 1.29 is 0 Å². The van der Waals surface area contributed by atoms with E-state index in [9.17, 15) is 0 Å². The summed E-state index contributed by atoms with van der Waals surface area (Å²) in [6.45, 7) is 2.48. The number of rotatable bonds is 6. The number of nitrogen functional groups attached to an aromatic ring is 1. The number of fused-ring (bicyclic) bond motifs is 1. The van der Waals surface area contributed by atoms with Crippen LogP contribution in [0.3, 0.4) is 0 Å². The molecular weight excluding hydrogens is 524 g/mol. The minimum absolute atomic E-state index is 0.412. The van der Waals surface area contributed by atoms with Crippen LogP contribution in [-0.4, -0.2) is 28.0 Å². The van der Waals surface area contributed by atoms with Gasteiger partial charge in [0.15, 0.2) is 0 Å². The largest absolute Gasteiger partial charge is 0.383 e. The summed E-state index contributed by atoms with van der Waals surface area (Å²) in [6.07, 6.45) is 7.13. The van der Waals surface area contributed by atoms with Crippen molar-refractivity contribution in [2.45, 2.75) is 13.0 Å². The van der Waals surface area contributed by atoms with Crippen LogP contribution in [0.4, 0.5) is 17.5 Å². The molecule has 37 heavy (non-hydrogen) atoms. The quantitative estimate of drug-likeness (QED) is 0.219. The Hall–Kier alpha value is -3.94. The first-order valence-electron chi connectivity index (χ1n) is 12.4. The summed E-state index contributed by atoms with van der Waals surface area (Å²) in [4.78, 5) is 14.9. The number of hydrogen-bond donors (Lipinski definition) is 3. The average Bonchev–Trinajstić information content (AvgIpc) is 3.38. The third-order valence-electron chi connectivity index (χ3n) is 6.82. The van der Waals surface area contributed by atoms with Crippen LogP contribution in [0.25, 0.3) is 27.6 Å². The molecule has 0 spiro atoms. The minimum atomic E-state index is 0.412. The monoisotopic (exact) mass is 550 g/mol. The highest BCUT2D eigenvalue weighted by molar-refractivity contribution is 9.10. The Morgan fingerprint density at radius 2 is 1.81 bits per heavy atom. The predicted octanol–water partition coefficient (Wildman–Crippen LogP) is 6.68. The third-order valence-corrected chi connectivity index (χ3v) is 7.43. The Balaban J connectivity index is 1.47. The molecule has 6 rings (SSSR count). The molecule has 184 valence electrons. The molecule has 3 heterocycles. The molecule has 5 aromatic rings. The van der Waals surface area contributed by atoms with Crippen LogP contribution in [0.1, 0.15) is 17.5 Å². The number of nitrogens with two attached hydrogens (primary N) is 1. The highest BCUT2D eigenvalue weighted by atomic mass is 79.9. The Labute approximate surface area is 224 Å². The Morgan fingerprint density at radius 1 is 0.973 bits per heavy atom. The van der Waals surface area contributed by atoms with Crippen molar-refractivity contribution in [3.63, 3.8) is 0 Å². The van der Waals surface area contributed by atoms with Gasteiger partial charge in [-0.25, -0.2) is 4.98 Å². The molecule has 0 fully saturated rings. The molecule has 3 aromatic carbocycles. The van der Waals surface area contributed by atoms with Crippen molar-refractivity contribution in [3.05, 3.63) is 107 Å². The maximum atomic E-state index is 6.20. The summed E-state index contributed by atoms with van der Waals surface area (Å²) < 4.78 is 0.683. The van der Waals surface area contributed by atoms with Gasteiger partial charge in [-0.1, -0.05) is 60.7 Å². The van der Waals surface area contributed by atoms with Crippen molar-refractivity contribution >= 4 is 49.9 Å². The highest BCUT2D eigenvalue weighted by Gasteiger charge is 2.19. The zero-order chi connectivity index (χ0) is 25.2. The standard InChI is InChI=1S/C30H27BrN6/c31-27-18-35-30(36-29(27)32)37(19-22-8-4-5-9-24(22)20-6-2-1-3-7-20)23-10-11-28-25(16-23)26(17-34-28)21-12-14-33-15-13-21/h1-12,16-18,33-34H,13-15,19H2,(H2,32,35,36). The Morgan fingerprint density at radius 3 is 2.62 bits per heavy atom. The molecule has 0 saturated carbocycles. The van der Waals surface area contributed by atoms with Crippen LogP contribution >= 0.6 is 15.9 Å². The predicted molar refractivity (Wildman–Crippen MR) is 156 cm³/mol. The number of aromatic nitrogens is 3. The number of aromatic amines is 1. The molecule has 0 radical (unpaired) electrons. The van der Waals surface area contributed by atoms with Crippen molar-refractivity contribution in [1.29, 1.82) is 0 Å². The number of nitrogens with one attached hydrogen (secondary N) is 2. The first-order chi connectivity index (χ1) is 18.2. The van der Waals surface area contributed by atoms with Crippen molar-refractivity contribution in [2.75, 3.05) is 23.7 Å². The molecule has 0 bridgehead atoms. The average molecular weight is 551 g/mol. The summed E-state index contributed by atoms with van der Waals surface area (Å²) in [5.74, 6) is 0.968. The van der Waals surface area contributed by atoms with E-state index in [4.69, 9.17) is 5.73 Å². The van der Waals surface area contributed by atoms with E-state index in [2.05, 4.69) is 120 Å². The summed E-state index contributed by atoms with van der Waals surface area (Å²) >= 11 is 3.44. The zero-order valence-electron chi connectivity index (χ0n) is 20.3. The van der Waals surface area contributed by atoms with Gasteiger partial charge >= 0.3 is 0 Å². The maximum Gasteiger partial charge on any atom is 0.232 e. The van der Waals surface area contributed by atoms with E-state index in [-0.39, 0.29) is 0 Å². The van der Waals surface area contributed by atoms with E-state index in [1.165, 1.54) is 33.2 Å². The van der Waals surface area contributed by atoms with Gasteiger partial charge in [0.25, 0.3) is 0 Å². The highest BCUT2D eigenvalue weighted by Crippen LogP contribution is 2.35. The second-order valence-electron chi connectivity index (χ2n) is 9.13. The fourth-order valence-electron chi connectivity index (χ4n) is 4.92. The normalized spacial score (nSPS) is 13.5. The van der Waals surface area contributed by atoms with E-state index < -0.39 is 0 Å². The fourth-order valence-corrected chi connectivity index (χ4v) is 5.11. The molecule has 0 saturated heterocycles. The number of nitrogens with zero attached hydrogens (tertiary/aromatic N) is 3. The second-order valence-corrected chi connectivity index (χ2v) is 9.98. The Kier molecular flexibility index (Phi) is 6.47. The number of benzene rings is 3. The van der Waals surface area contributed by atoms with Crippen LogP contribution in [-0.2, 0) is 6.54 Å². The molecule has 1 aliphatic rings. The number of halogens is 1. The van der Waals surface area contributed by atoms with Crippen LogP contribution in [0.5, 0.6) is 0 Å². The first-order valence-corrected chi connectivity index (χ1v) is 13.2. The van der Waals surface area contributed by atoms with Gasteiger partial charge < -0.3 is 20.9 Å². The first kappa shape index (κ1) is 23.5. The van der Waals surface area contributed by atoms with E-state index >= 15 is 0 Å². The molecule has 1 aliphatic heterocycles. The van der Waals surface area contributed by atoms with Crippen molar-refractivity contribution in [2.24, 2.45) is 0 Å². The molecule has 2 aromatic heterocycles. The molecule has 4 N–H and O–H groups in total. The lowest BCUT2D eigenvalue weighted by atomic mass is 9.98. The van der Waals surface area contributed by atoms with Crippen LogP contribution in [0.15, 0.2) is 95.7 Å². The van der Waals surface area contributed by atoms with Gasteiger partial charge in [-0.3, -0.25) is 0 Å². The van der Waals surface area contributed by atoms with E-state index in [1.807, 2.05) is 6.07 Å². The van der Waals surface area contributed by atoms with E-state index in [0.29, 0.717) is 22.8 Å². The molecule has 0 aliphatic carbocycles. The molecule has 0 atom stereocenters. The van der Waals surface area contributed by atoms with Gasteiger partial charge in [0.1, 0.15) is 5.82 Å². The zero-order valence-corrected chi connectivity index (χ0v) is 21.9. The van der Waals surface area contributed by atoms with Crippen LogP contribution < -0.4 is 16.0 Å². The van der Waals surface area contributed by atoms with Gasteiger partial charge in [-0.2, -0.15) is 4.98 Å². The number of anilines is 3. The summed E-state index contributed by atoms with van der Waals surface area (Å²) in [7, 11) is 0. The van der Waals surface area contributed by atoms with Gasteiger partial charge in [0.2, 0.25) is 5.95 Å². The lowest BCUT2D eigenvalue weighted by molar-refractivity contribution is 0.739. The van der Waals surface area contributed by atoms with Gasteiger partial charge in [0.05, 0.1) is 11.0 Å². The molecule has 7 heteroatoms. The molecule has 0 amide bonds. The summed E-state index contributed by atoms with van der Waals surface area (Å²) in [6, 6.07) is 25.4. The summed E-state index contributed by atoms with van der Waals surface area (Å²) in [5.41, 5.74) is 14.5. The van der Waals surface area contributed by atoms with Crippen molar-refractivity contribution in [3.8, 4) is 11.1 Å². The minimum Gasteiger partial charge on any atom is -0.383 e. The molecule has 0 unspecified atom stereocenters. The van der Waals surface area contributed by atoms with Crippen LogP contribution in [0, 0.1) is 0 Å². The Bertz CT molecular complexity index is 1590. The summed E-state index contributed by atoms with van der Waals surface area (Å²) in [5, 5.41) is 4.60. The lowest BCUT2D eigenvalue weighted by Crippen LogP contribution is -2.20. The van der Waals surface area contributed by atoms with E-state index in [1.54, 1.807) is 6.20 Å². The SMILES string of the molecule is Nc1nc(N(Cc2ccccc2-c2ccccc2)c2ccc3[nH]cc(C4=CCNCC4)c3c2)ncc1Br. The maximum absolute atomic E-state index is 6.20. The van der Waals surface area contributed by atoms with Gasteiger partial charge in [0, 0.05) is 41.1 Å². The lowest BCUT2D eigenvalue weighted by Gasteiger charge is -2.25. The smallest absolute Gasteiger partial charge is 0.232 e. The second kappa shape index (κ2) is 10.2. The third kappa shape index (κ3) is 4.75.